The van der Waals surface area contributed by atoms with E-state index in [0.717, 1.165) is 67.6 Å². The van der Waals surface area contributed by atoms with Crippen LogP contribution in [-0.4, -0.2) is 91.7 Å². The van der Waals surface area contributed by atoms with Crippen LogP contribution in [-0.2, 0) is 4.74 Å². The predicted molar refractivity (Wildman–Crippen MR) is 181 cm³/mol. The highest BCUT2D eigenvalue weighted by molar-refractivity contribution is 6.21. The number of hydrogen-bond acceptors (Lipinski definition) is 5. The van der Waals surface area contributed by atoms with E-state index in [0.29, 0.717) is 17.7 Å². The number of likely N-dealkylation sites (N-methyl/N-ethyl adjacent to an activating group) is 1. The Balaban J connectivity index is 0.925. The van der Waals surface area contributed by atoms with Gasteiger partial charge in [-0.3, -0.25) is 14.5 Å². The quantitative estimate of drug-likeness (QED) is 0.122. The van der Waals surface area contributed by atoms with Crippen LogP contribution >= 0.6 is 0 Å². The molecule has 1 fully saturated rings. The number of likely N-dealkylation sites (tertiary alicyclic amines) is 1. The van der Waals surface area contributed by atoms with Gasteiger partial charge in [-0.15, -0.1) is 0 Å². The number of unbranched alkanes of at least 4 members (excludes halogenated alkanes) is 4. The van der Waals surface area contributed by atoms with Crippen LogP contribution in [0.1, 0.15) is 82.8 Å². The Morgan fingerprint density at radius 3 is 1.85 bits per heavy atom. The summed E-state index contributed by atoms with van der Waals surface area (Å²) in [6.07, 6.45) is 7.24. The number of carbonyl (C=O) groups is 3. The van der Waals surface area contributed by atoms with Gasteiger partial charge in [0.25, 0.3) is 11.8 Å². The summed E-state index contributed by atoms with van der Waals surface area (Å²) < 4.78 is 6.66. The van der Waals surface area contributed by atoms with E-state index < -0.39 is 0 Å². The lowest BCUT2D eigenvalue weighted by molar-refractivity contribution is -0.889. The second-order valence-corrected chi connectivity index (χ2v) is 13.3. The number of nitrogens with one attached hydrogen (secondary N) is 1. The van der Waals surface area contributed by atoms with Crippen molar-refractivity contribution in [3.63, 3.8) is 0 Å². The Morgan fingerprint density at radius 1 is 0.739 bits per heavy atom. The van der Waals surface area contributed by atoms with E-state index in [1.165, 1.54) is 30.6 Å². The maximum absolute atomic E-state index is 12.9. The summed E-state index contributed by atoms with van der Waals surface area (Å²) in [6.45, 7) is 5.24. The summed E-state index contributed by atoms with van der Waals surface area (Å²) in [6, 6.07) is 26.9. The molecule has 0 aliphatic carbocycles. The van der Waals surface area contributed by atoms with Gasteiger partial charge in [-0.25, -0.2) is 4.79 Å². The van der Waals surface area contributed by atoms with Gasteiger partial charge in [-0.05, 0) is 61.9 Å². The number of nitrogens with zero attached hydrogens (tertiary/aromatic N) is 3. The molecule has 0 atom stereocenters. The third-order valence-electron chi connectivity index (χ3n) is 9.38. The normalized spacial score (nSPS) is 15.8. The number of benzene rings is 3. The Labute approximate surface area is 273 Å². The number of piperidine rings is 1. The fraction of sp³-hybridized carbons (Fsp3) is 0.447. The molecule has 0 spiro atoms. The molecule has 244 valence electrons. The van der Waals surface area contributed by atoms with E-state index in [1.54, 1.807) is 12.1 Å². The van der Waals surface area contributed by atoms with E-state index in [4.69, 9.17) is 4.74 Å². The van der Waals surface area contributed by atoms with Crippen molar-refractivity contribution in [2.24, 2.45) is 0 Å². The van der Waals surface area contributed by atoms with Crippen molar-refractivity contribution >= 4 is 17.9 Å². The molecule has 3 aromatic rings. The minimum atomic E-state index is -0.360. The van der Waals surface area contributed by atoms with Gasteiger partial charge in [0.1, 0.15) is 6.10 Å². The molecule has 0 aromatic heterocycles. The van der Waals surface area contributed by atoms with Gasteiger partial charge in [-0.1, -0.05) is 85.6 Å². The average molecular weight is 626 g/mol. The van der Waals surface area contributed by atoms with Crippen molar-refractivity contribution < 1.29 is 23.6 Å². The first-order valence-electron chi connectivity index (χ1n) is 16.9. The van der Waals surface area contributed by atoms with Crippen LogP contribution in [0.5, 0.6) is 0 Å². The summed E-state index contributed by atoms with van der Waals surface area (Å²) in [7, 11) is 4.36. The lowest BCUT2D eigenvalue weighted by Gasteiger charge is -2.32. The number of amides is 3. The summed E-state index contributed by atoms with van der Waals surface area (Å²) in [5.74, 6) is -0.336. The van der Waals surface area contributed by atoms with Crippen LogP contribution in [0.25, 0.3) is 0 Å². The lowest BCUT2D eigenvalue weighted by atomic mass is 9.99. The van der Waals surface area contributed by atoms with Gasteiger partial charge in [-0.2, -0.15) is 0 Å². The molecule has 1 N–H and O–H groups in total. The van der Waals surface area contributed by atoms with Crippen molar-refractivity contribution in [1.82, 2.24) is 15.1 Å². The molecule has 0 saturated carbocycles. The number of ether oxygens (including phenoxy) is 1. The Hall–Kier alpha value is -4.01. The number of rotatable bonds is 15. The van der Waals surface area contributed by atoms with E-state index in [9.17, 15) is 14.4 Å². The number of carbonyl (C=O) groups excluding carboxylic acids is 3. The van der Waals surface area contributed by atoms with Gasteiger partial charge >= 0.3 is 6.09 Å². The zero-order chi connectivity index (χ0) is 32.4. The molecule has 0 unspecified atom stereocenters. The molecule has 8 heteroatoms. The summed E-state index contributed by atoms with van der Waals surface area (Å²) in [5, 5.41) is 3.10. The highest BCUT2D eigenvalue weighted by atomic mass is 16.6. The van der Waals surface area contributed by atoms with Crippen LogP contribution in [0.3, 0.4) is 0 Å². The van der Waals surface area contributed by atoms with Crippen molar-refractivity contribution in [2.75, 3.05) is 53.4 Å². The molecule has 3 aromatic carbocycles. The Bertz CT molecular complexity index is 1360. The topological polar surface area (TPSA) is 79.0 Å². The molecule has 0 radical (unpaired) electrons. The maximum Gasteiger partial charge on any atom is 0.408 e. The molecule has 5 rings (SSSR count). The first-order chi connectivity index (χ1) is 22.3. The zero-order valence-corrected chi connectivity index (χ0v) is 27.4. The number of imide groups is 1. The van der Waals surface area contributed by atoms with Gasteiger partial charge < -0.3 is 19.4 Å². The molecule has 8 nitrogen and oxygen atoms in total. The molecule has 2 aliphatic rings. The average Bonchev–Trinajstić information content (AvgIpc) is 3.32. The molecule has 0 bridgehead atoms. The monoisotopic (exact) mass is 625 g/mol. The van der Waals surface area contributed by atoms with Crippen molar-refractivity contribution in [1.29, 1.82) is 0 Å². The predicted octanol–water partition coefficient (Wildman–Crippen LogP) is 6.29. The Morgan fingerprint density at radius 2 is 1.26 bits per heavy atom. The standard InChI is InChI=1S/C38H48N4O4/c1-42(2,29-27-41-36(43)33-20-12-13-21-34(33)37(41)44)28-15-5-3-4-14-24-40-25-22-32(23-26-40)46-38(45)39-35(30-16-8-6-9-17-30)31-18-10-7-11-19-31/h6-13,16-21,32,35H,3-5,14-15,22-29H2,1-2H3/p+1. The van der Waals surface area contributed by atoms with E-state index >= 15 is 0 Å². The zero-order valence-electron chi connectivity index (χ0n) is 27.4. The fourth-order valence-electron chi connectivity index (χ4n) is 6.53. The highest BCUT2D eigenvalue weighted by Gasteiger charge is 2.36. The smallest absolute Gasteiger partial charge is 0.408 e. The summed E-state index contributed by atoms with van der Waals surface area (Å²) in [4.78, 5) is 42.1. The minimum Gasteiger partial charge on any atom is -0.446 e. The molecule has 2 heterocycles. The fourth-order valence-corrected chi connectivity index (χ4v) is 6.53. The van der Waals surface area contributed by atoms with E-state index in [2.05, 4.69) is 24.3 Å². The lowest BCUT2D eigenvalue weighted by Crippen LogP contribution is -2.47. The second kappa shape index (κ2) is 16.0. The molecule has 2 aliphatic heterocycles. The highest BCUT2D eigenvalue weighted by Crippen LogP contribution is 2.24. The minimum absolute atomic E-state index is 0.0537. The van der Waals surface area contributed by atoms with Gasteiger partial charge in [0.05, 0.1) is 50.9 Å². The molecular formula is C38H49N4O4+. The number of fused-ring (bicyclic) bond motifs is 1. The van der Waals surface area contributed by atoms with Crippen LogP contribution in [0.4, 0.5) is 4.79 Å². The third-order valence-corrected chi connectivity index (χ3v) is 9.38. The maximum atomic E-state index is 12.9. The van der Waals surface area contributed by atoms with Crippen LogP contribution in [0.15, 0.2) is 84.9 Å². The second-order valence-electron chi connectivity index (χ2n) is 13.3. The largest absolute Gasteiger partial charge is 0.446 e. The SMILES string of the molecule is C[N+](C)(CCCCCCCN1CCC(OC(=O)NC(c2ccccc2)c2ccccc2)CC1)CCN1C(=O)c2ccccc2C1=O. The number of alkyl carbamates (subject to hydrolysis) is 1. The van der Waals surface area contributed by atoms with Crippen LogP contribution < -0.4 is 5.32 Å². The number of quaternary nitrogens is 1. The molecule has 46 heavy (non-hydrogen) atoms. The van der Waals surface area contributed by atoms with Crippen molar-refractivity contribution in [3.05, 3.63) is 107 Å². The van der Waals surface area contributed by atoms with Gasteiger partial charge in [0.2, 0.25) is 0 Å². The van der Waals surface area contributed by atoms with Crippen molar-refractivity contribution in [3.8, 4) is 0 Å². The first kappa shape index (κ1) is 33.4. The summed E-state index contributed by atoms with van der Waals surface area (Å²) >= 11 is 0. The van der Waals surface area contributed by atoms with Crippen LogP contribution in [0.2, 0.25) is 0 Å². The number of hydrogen-bond donors (Lipinski definition) is 1. The Kier molecular flexibility index (Phi) is 11.6. The third kappa shape index (κ3) is 9.04. The van der Waals surface area contributed by atoms with E-state index in [-0.39, 0.29) is 30.1 Å². The van der Waals surface area contributed by atoms with Crippen LogP contribution in [0, 0.1) is 0 Å². The van der Waals surface area contributed by atoms with Crippen molar-refractivity contribution in [2.45, 2.75) is 57.1 Å². The first-order valence-corrected chi connectivity index (χ1v) is 16.9. The molecule has 3 amide bonds. The summed E-state index contributed by atoms with van der Waals surface area (Å²) in [5.41, 5.74) is 3.11. The van der Waals surface area contributed by atoms with E-state index in [1.807, 2.05) is 72.8 Å². The van der Waals surface area contributed by atoms with Gasteiger partial charge in [0.15, 0.2) is 0 Å². The molecular weight excluding hydrogens is 576 g/mol. The van der Waals surface area contributed by atoms with Gasteiger partial charge in [0, 0.05) is 13.1 Å². The molecule has 1 saturated heterocycles.